The van der Waals surface area contributed by atoms with Crippen LogP contribution in [0, 0.1) is 0 Å². The number of likely N-dealkylation sites (N-methyl/N-ethyl adjacent to an activating group) is 1. The van der Waals surface area contributed by atoms with Crippen LogP contribution in [0.5, 0.6) is 11.5 Å². The number of amides is 1. The van der Waals surface area contributed by atoms with E-state index < -0.39 is 0 Å². The molecule has 6 heteroatoms. The average Bonchev–Trinajstić information content (AvgIpc) is 2.60. The van der Waals surface area contributed by atoms with Crippen LogP contribution in [0.3, 0.4) is 0 Å². The van der Waals surface area contributed by atoms with Crippen molar-refractivity contribution in [2.24, 2.45) is 0 Å². The van der Waals surface area contributed by atoms with Crippen LogP contribution in [0.4, 0.5) is 0 Å². The van der Waals surface area contributed by atoms with Crippen molar-refractivity contribution in [2.75, 3.05) is 53.6 Å². The van der Waals surface area contributed by atoms with Crippen LogP contribution in [0.25, 0.3) is 0 Å². The molecule has 1 amide bonds. The predicted molar refractivity (Wildman–Crippen MR) is 90.5 cm³/mol. The van der Waals surface area contributed by atoms with Crippen LogP contribution >= 0.6 is 0 Å². The fourth-order valence-corrected chi connectivity index (χ4v) is 2.15. The van der Waals surface area contributed by atoms with E-state index in [1.165, 1.54) is 0 Å². The molecule has 6 nitrogen and oxygen atoms in total. The summed E-state index contributed by atoms with van der Waals surface area (Å²) in [7, 11) is 3.11. The summed E-state index contributed by atoms with van der Waals surface area (Å²) >= 11 is 0. The number of nitrogens with one attached hydrogen (secondary N) is 1. The molecule has 0 atom stereocenters. The molecule has 0 saturated heterocycles. The van der Waals surface area contributed by atoms with E-state index in [9.17, 15) is 4.79 Å². The molecule has 0 aliphatic rings. The van der Waals surface area contributed by atoms with Gasteiger partial charge in [-0.1, -0.05) is 13.8 Å². The first-order chi connectivity index (χ1) is 11.2. The highest BCUT2D eigenvalue weighted by atomic mass is 16.5. The highest BCUT2D eigenvalue weighted by Crippen LogP contribution is 2.27. The average molecular weight is 324 g/mol. The Labute approximate surface area is 138 Å². The molecular weight excluding hydrogens is 296 g/mol. The Balaban J connectivity index is 2.31. The van der Waals surface area contributed by atoms with Crippen molar-refractivity contribution in [1.82, 2.24) is 10.2 Å². The van der Waals surface area contributed by atoms with Crippen molar-refractivity contribution in [2.45, 2.75) is 13.8 Å². The third-order valence-electron chi connectivity index (χ3n) is 3.62. The summed E-state index contributed by atoms with van der Waals surface area (Å²) in [5.41, 5.74) is 0.533. The standard InChI is InChI=1S/C17H28N2O4/c1-5-19(6-2)10-12-23-11-9-18-17(20)14-7-8-15(21-3)16(13-14)22-4/h7-8,13H,5-6,9-12H2,1-4H3,(H,18,20). The summed E-state index contributed by atoms with van der Waals surface area (Å²) in [4.78, 5) is 14.4. The SMILES string of the molecule is CCN(CC)CCOCCNC(=O)c1ccc(OC)c(OC)c1. The van der Waals surface area contributed by atoms with Crippen molar-refractivity contribution in [3.63, 3.8) is 0 Å². The van der Waals surface area contributed by atoms with Crippen LogP contribution in [0.2, 0.25) is 0 Å². The van der Waals surface area contributed by atoms with Gasteiger partial charge in [0.25, 0.3) is 5.91 Å². The van der Waals surface area contributed by atoms with Gasteiger partial charge in [-0.25, -0.2) is 0 Å². The van der Waals surface area contributed by atoms with Gasteiger partial charge in [0, 0.05) is 18.7 Å². The van der Waals surface area contributed by atoms with E-state index in [0.29, 0.717) is 36.8 Å². The van der Waals surface area contributed by atoms with Crippen molar-refractivity contribution >= 4 is 5.91 Å². The quantitative estimate of drug-likeness (QED) is 0.629. The maximum absolute atomic E-state index is 12.1. The molecule has 0 unspecified atom stereocenters. The van der Waals surface area contributed by atoms with Gasteiger partial charge in [-0.2, -0.15) is 0 Å². The first kappa shape index (κ1) is 19.3. The smallest absolute Gasteiger partial charge is 0.251 e. The summed E-state index contributed by atoms with van der Waals surface area (Å²) in [6.45, 7) is 8.88. The lowest BCUT2D eigenvalue weighted by Gasteiger charge is -2.17. The van der Waals surface area contributed by atoms with Gasteiger partial charge >= 0.3 is 0 Å². The van der Waals surface area contributed by atoms with E-state index >= 15 is 0 Å². The molecular formula is C17H28N2O4. The van der Waals surface area contributed by atoms with E-state index in [0.717, 1.165) is 19.6 Å². The van der Waals surface area contributed by atoms with Gasteiger partial charge in [0.05, 0.1) is 27.4 Å². The first-order valence-electron chi connectivity index (χ1n) is 7.96. The predicted octanol–water partition coefficient (Wildman–Crippen LogP) is 1.79. The van der Waals surface area contributed by atoms with Gasteiger partial charge in [-0.15, -0.1) is 0 Å². The number of hydrogen-bond acceptors (Lipinski definition) is 5. The molecule has 1 N–H and O–H groups in total. The Morgan fingerprint density at radius 2 is 1.78 bits per heavy atom. The fourth-order valence-electron chi connectivity index (χ4n) is 2.15. The Morgan fingerprint density at radius 3 is 2.39 bits per heavy atom. The lowest BCUT2D eigenvalue weighted by molar-refractivity contribution is 0.0884. The van der Waals surface area contributed by atoms with Crippen LogP contribution < -0.4 is 14.8 Å². The minimum Gasteiger partial charge on any atom is -0.493 e. The molecule has 0 aliphatic heterocycles. The summed E-state index contributed by atoms with van der Waals surface area (Å²) < 4.78 is 15.9. The largest absolute Gasteiger partial charge is 0.493 e. The van der Waals surface area contributed by atoms with E-state index in [-0.39, 0.29) is 5.91 Å². The summed E-state index contributed by atoms with van der Waals surface area (Å²) in [6, 6.07) is 5.08. The molecule has 23 heavy (non-hydrogen) atoms. The number of benzene rings is 1. The zero-order valence-electron chi connectivity index (χ0n) is 14.6. The van der Waals surface area contributed by atoms with Gasteiger partial charge < -0.3 is 24.4 Å². The molecule has 0 radical (unpaired) electrons. The number of ether oxygens (including phenoxy) is 3. The third-order valence-corrected chi connectivity index (χ3v) is 3.62. The summed E-state index contributed by atoms with van der Waals surface area (Å²) in [5.74, 6) is 0.984. The van der Waals surface area contributed by atoms with Crippen LogP contribution in [0.1, 0.15) is 24.2 Å². The van der Waals surface area contributed by atoms with Crippen LogP contribution in [-0.4, -0.2) is 64.4 Å². The maximum atomic E-state index is 12.1. The van der Waals surface area contributed by atoms with Crippen molar-refractivity contribution < 1.29 is 19.0 Å². The molecule has 0 bridgehead atoms. The second-order valence-electron chi connectivity index (χ2n) is 4.96. The molecule has 1 rings (SSSR count). The highest BCUT2D eigenvalue weighted by Gasteiger charge is 2.10. The van der Waals surface area contributed by atoms with Gasteiger partial charge in [-0.3, -0.25) is 4.79 Å². The number of hydrogen-bond donors (Lipinski definition) is 1. The number of rotatable bonds is 11. The lowest BCUT2D eigenvalue weighted by Crippen LogP contribution is -2.30. The van der Waals surface area contributed by atoms with Crippen LogP contribution in [0.15, 0.2) is 18.2 Å². The molecule has 0 aliphatic carbocycles. The molecule has 0 spiro atoms. The number of nitrogens with zero attached hydrogens (tertiary/aromatic N) is 1. The zero-order valence-corrected chi connectivity index (χ0v) is 14.6. The maximum Gasteiger partial charge on any atom is 0.251 e. The Hall–Kier alpha value is -1.79. The van der Waals surface area contributed by atoms with Gasteiger partial charge in [-0.05, 0) is 31.3 Å². The molecule has 0 heterocycles. The lowest BCUT2D eigenvalue weighted by atomic mass is 10.2. The number of carbonyl (C=O) groups excluding carboxylic acids is 1. The molecule has 130 valence electrons. The van der Waals surface area contributed by atoms with Gasteiger partial charge in [0.15, 0.2) is 11.5 Å². The van der Waals surface area contributed by atoms with Gasteiger partial charge in [0.2, 0.25) is 0 Å². The minimum atomic E-state index is -0.154. The Kier molecular flexibility index (Phi) is 9.09. The van der Waals surface area contributed by atoms with E-state index in [2.05, 4.69) is 24.1 Å². The first-order valence-corrected chi connectivity index (χ1v) is 7.96. The molecule has 0 saturated carbocycles. The van der Waals surface area contributed by atoms with Crippen molar-refractivity contribution in [3.8, 4) is 11.5 Å². The van der Waals surface area contributed by atoms with E-state index in [1.807, 2.05) is 0 Å². The number of carbonyl (C=O) groups is 1. The highest BCUT2D eigenvalue weighted by molar-refractivity contribution is 5.94. The van der Waals surface area contributed by atoms with Crippen LogP contribution in [-0.2, 0) is 4.74 Å². The Morgan fingerprint density at radius 1 is 1.09 bits per heavy atom. The van der Waals surface area contributed by atoms with E-state index in [4.69, 9.17) is 14.2 Å². The summed E-state index contributed by atoms with van der Waals surface area (Å²) in [5, 5.41) is 2.83. The Bertz CT molecular complexity index is 476. The molecule has 0 fully saturated rings. The fraction of sp³-hybridized carbons (Fsp3) is 0.588. The van der Waals surface area contributed by atoms with Gasteiger partial charge in [0.1, 0.15) is 0 Å². The molecule has 1 aromatic carbocycles. The van der Waals surface area contributed by atoms with Crippen molar-refractivity contribution in [1.29, 1.82) is 0 Å². The zero-order chi connectivity index (χ0) is 17.1. The topological polar surface area (TPSA) is 60.0 Å². The number of methoxy groups -OCH3 is 2. The van der Waals surface area contributed by atoms with Crippen molar-refractivity contribution in [3.05, 3.63) is 23.8 Å². The van der Waals surface area contributed by atoms with E-state index in [1.54, 1.807) is 32.4 Å². The molecule has 0 aromatic heterocycles. The summed E-state index contributed by atoms with van der Waals surface area (Å²) in [6.07, 6.45) is 0. The second-order valence-corrected chi connectivity index (χ2v) is 4.96. The third kappa shape index (κ3) is 6.46. The monoisotopic (exact) mass is 324 g/mol. The minimum absolute atomic E-state index is 0.154. The normalized spacial score (nSPS) is 10.7. The molecule has 1 aromatic rings. The second kappa shape index (κ2) is 10.9.